The number of aromatic nitrogens is 2. The first-order valence-corrected chi connectivity index (χ1v) is 16.7. The van der Waals surface area contributed by atoms with Gasteiger partial charge in [-0.1, -0.05) is 57.2 Å². The third-order valence-electron chi connectivity index (χ3n) is 6.71. The predicted octanol–water partition coefficient (Wildman–Crippen LogP) is 3.02. The molecule has 2 aromatic carbocycles. The van der Waals surface area contributed by atoms with Crippen LogP contribution in [0.25, 0.3) is 21.8 Å². The molecule has 0 aliphatic carbocycles. The number of rotatable bonds is 9. The molecule has 0 unspecified atom stereocenters. The fraction of sp³-hybridized carbons (Fsp3) is 0.474. The third-order valence-corrected chi connectivity index (χ3v) is 6.71. The first kappa shape index (κ1) is 46.6. The zero-order valence-electron chi connectivity index (χ0n) is 32.2. The van der Waals surface area contributed by atoms with Crippen molar-refractivity contribution in [2.45, 2.75) is 118 Å². The number of hydrogen-bond donors (Lipinski definition) is 5. The number of H-pyrrole nitrogens is 1. The van der Waals surface area contributed by atoms with Crippen molar-refractivity contribution in [2.75, 3.05) is 0 Å². The molecule has 0 radical (unpaired) electrons. The number of alkyl carbamates (subject to hydrolysis) is 2. The van der Waals surface area contributed by atoms with Crippen LogP contribution in [-0.4, -0.2) is 72.8 Å². The second-order valence-electron chi connectivity index (χ2n) is 14.9. The van der Waals surface area contributed by atoms with Crippen molar-refractivity contribution >= 4 is 45.9 Å². The van der Waals surface area contributed by atoms with Gasteiger partial charge in [-0.15, -0.1) is 5.60 Å². The average molecular weight is 749 g/mol. The molecule has 0 aliphatic heterocycles. The fourth-order valence-electron chi connectivity index (χ4n) is 4.79. The van der Waals surface area contributed by atoms with Crippen LogP contribution >= 0.6 is 0 Å². The van der Waals surface area contributed by atoms with Crippen LogP contribution in [0.4, 0.5) is 9.59 Å². The van der Waals surface area contributed by atoms with Gasteiger partial charge < -0.3 is 45.0 Å². The maximum atomic E-state index is 11.9. The number of carbonyl (C=O) groups is 4. The predicted molar refractivity (Wildman–Crippen MR) is 195 cm³/mol. The zero-order valence-corrected chi connectivity index (χ0v) is 35.4. The Bertz CT molecular complexity index is 1770. The topological polar surface area (TPSA) is 195 Å². The van der Waals surface area contributed by atoms with Gasteiger partial charge in [0.15, 0.2) is 0 Å². The SMILES string of the molecule is CC(C)(C)OC(=O)N[C@H](Cc1c[nH]c2ccccc12)C(=O)O.CC(C)(C)[O-].CCn1cc(C[C@@H](NC(=O)OC(C)(C)C)C(=O)O)c2ccccc21.[K+]. The number of carbonyl (C=O) groups excluding carboxylic acids is 2. The number of fused-ring (bicyclic) bond motifs is 2. The summed E-state index contributed by atoms with van der Waals surface area (Å²) in [5.41, 5.74) is 1.60. The molecule has 0 fully saturated rings. The van der Waals surface area contributed by atoms with Gasteiger partial charge in [-0.25, -0.2) is 19.2 Å². The van der Waals surface area contributed by atoms with Crippen molar-refractivity contribution < 1.29 is 95.4 Å². The summed E-state index contributed by atoms with van der Waals surface area (Å²) < 4.78 is 12.3. The van der Waals surface area contributed by atoms with Crippen molar-refractivity contribution in [3.63, 3.8) is 0 Å². The van der Waals surface area contributed by atoms with Crippen molar-refractivity contribution in [1.82, 2.24) is 20.2 Å². The number of hydrogen-bond acceptors (Lipinski definition) is 7. The molecular formula is C38H53KN4O9. The Morgan fingerprint density at radius 1 is 0.750 bits per heavy atom. The van der Waals surface area contributed by atoms with E-state index >= 15 is 0 Å². The molecule has 0 aliphatic rings. The molecule has 52 heavy (non-hydrogen) atoms. The van der Waals surface area contributed by atoms with E-state index < -0.39 is 53.0 Å². The van der Waals surface area contributed by atoms with Gasteiger partial charge in [-0.3, -0.25) is 0 Å². The molecule has 4 rings (SSSR count). The van der Waals surface area contributed by atoms with Gasteiger partial charge >= 0.3 is 75.5 Å². The van der Waals surface area contributed by atoms with Gasteiger partial charge in [0.25, 0.3) is 0 Å². The molecular weight excluding hydrogens is 696 g/mol. The smallest absolute Gasteiger partial charge is 0.850 e. The number of ether oxygens (including phenoxy) is 2. The van der Waals surface area contributed by atoms with Crippen molar-refractivity contribution in [3.05, 3.63) is 72.1 Å². The van der Waals surface area contributed by atoms with Crippen LogP contribution in [0.1, 0.15) is 80.4 Å². The molecule has 280 valence electrons. The Kier molecular flexibility index (Phi) is 18.1. The average Bonchev–Trinajstić information content (AvgIpc) is 3.55. The van der Waals surface area contributed by atoms with Gasteiger partial charge in [0.05, 0.1) is 0 Å². The third kappa shape index (κ3) is 17.0. The first-order valence-electron chi connectivity index (χ1n) is 16.7. The van der Waals surface area contributed by atoms with Crippen LogP contribution in [0.3, 0.4) is 0 Å². The monoisotopic (exact) mass is 748 g/mol. The molecule has 4 aromatic rings. The van der Waals surface area contributed by atoms with Crippen LogP contribution in [0.2, 0.25) is 0 Å². The van der Waals surface area contributed by atoms with Gasteiger partial charge in [0, 0.05) is 53.6 Å². The van der Waals surface area contributed by atoms with Crippen LogP contribution in [-0.2, 0) is 38.4 Å². The number of carboxylic acids is 2. The van der Waals surface area contributed by atoms with Gasteiger partial charge in [0.2, 0.25) is 0 Å². The number of nitrogens with zero attached hydrogens (tertiary/aromatic N) is 1. The number of aromatic amines is 1. The Labute approximate surface area is 348 Å². The Balaban J connectivity index is 0.000000454. The van der Waals surface area contributed by atoms with Crippen LogP contribution in [0, 0.1) is 0 Å². The molecule has 0 saturated carbocycles. The fourth-order valence-corrected chi connectivity index (χ4v) is 4.79. The van der Waals surface area contributed by atoms with E-state index in [9.17, 15) is 34.5 Å². The molecule has 0 spiro atoms. The molecule has 2 atom stereocenters. The molecule has 0 bridgehead atoms. The van der Waals surface area contributed by atoms with E-state index in [4.69, 9.17) is 9.47 Å². The van der Waals surface area contributed by atoms with E-state index in [1.54, 1.807) is 68.5 Å². The zero-order chi connectivity index (χ0) is 38.7. The molecule has 2 amide bonds. The summed E-state index contributed by atoms with van der Waals surface area (Å²) in [6.07, 6.45) is 2.61. The minimum absolute atomic E-state index is 0. The second-order valence-corrected chi connectivity index (χ2v) is 14.9. The molecule has 13 nitrogen and oxygen atoms in total. The number of aliphatic carboxylic acids is 2. The molecule has 2 heterocycles. The van der Waals surface area contributed by atoms with E-state index in [1.165, 1.54) is 0 Å². The van der Waals surface area contributed by atoms with Crippen LogP contribution in [0.15, 0.2) is 60.9 Å². The Morgan fingerprint density at radius 3 is 1.62 bits per heavy atom. The van der Waals surface area contributed by atoms with E-state index in [-0.39, 0.29) is 64.2 Å². The summed E-state index contributed by atoms with van der Waals surface area (Å²) in [7, 11) is 0. The minimum Gasteiger partial charge on any atom is -0.850 e. The van der Waals surface area contributed by atoms with Gasteiger partial charge in [-0.05, 0) is 71.7 Å². The number of benzene rings is 2. The first-order chi connectivity index (χ1) is 23.5. The van der Waals surface area contributed by atoms with E-state index in [2.05, 4.69) is 20.2 Å². The summed E-state index contributed by atoms with van der Waals surface area (Å²) in [4.78, 5) is 49.7. The number of nitrogens with one attached hydrogen (secondary N) is 3. The minimum atomic E-state index is -1.10. The van der Waals surface area contributed by atoms with E-state index in [0.29, 0.717) is 0 Å². The van der Waals surface area contributed by atoms with Crippen molar-refractivity contribution in [1.29, 1.82) is 0 Å². The van der Waals surface area contributed by atoms with Gasteiger partial charge in [0.1, 0.15) is 23.3 Å². The Morgan fingerprint density at radius 2 is 1.17 bits per heavy atom. The summed E-state index contributed by atoms with van der Waals surface area (Å²) in [6, 6.07) is 13.3. The molecule has 5 N–H and O–H groups in total. The van der Waals surface area contributed by atoms with Gasteiger partial charge in [-0.2, -0.15) is 0 Å². The molecule has 0 saturated heterocycles. The maximum absolute atomic E-state index is 11.9. The summed E-state index contributed by atoms with van der Waals surface area (Å²) in [5, 5.41) is 35.6. The standard InChI is InChI=1S/C18H24N2O4.C16H20N2O4.C4H9O.K/c1-5-20-11-12(13-8-6-7-9-15(13)20)10-14(16(21)22)19-17(23)24-18(2,3)4;1-16(2,3)22-15(21)18-13(14(19)20)8-10-9-17-12-7-5-4-6-11(10)12;1-4(2,3)5;/h6-9,11,14H,5,10H2,1-4H3,(H,19,23)(H,21,22);4-7,9,13,17H,8H2,1-3H3,(H,18,21)(H,19,20);1-3H3;/q;;-1;+1/t14-;13-;;/m11../s1. The van der Waals surface area contributed by atoms with Crippen molar-refractivity contribution in [2.24, 2.45) is 0 Å². The summed E-state index contributed by atoms with van der Waals surface area (Å²) >= 11 is 0. The number of amides is 2. The second kappa shape index (κ2) is 20.2. The van der Waals surface area contributed by atoms with Crippen LogP contribution < -0.4 is 67.1 Å². The summed E-state index contributed by atoms with van der Waals surface area (Å²) in [5.74, 6) is -2.19. The molecule has 2 aromatic heterocycles. The molecule has 14 heteroatoms. The number of aryl methyl sites for hydroxylation is 1. The van der Waals surface area contributed by atoms with E-state index in [1.807, 2.05) is 61.7 Å². The quantitative estimate of drug-likeness (QED) is 0.160. The van der Waals surface area contributed by atoms with E-state index in [0.717, 1.165) is 39.5 Å². The Hall–Kier alpha value is -3.40. The van der Waals surface area contributed by atoms with Crippen molar-refractivity contribution in [3.8, 4) is 0 Å². The number of para-hydroxylation sites is 2. The van der Waals surface area contributed by atoms with Crippen LogP contribution in [0.5, 0.6) is 0 Å². The number of carboxylic acid groups (broad SMARTS) is 2. The maximum Gasteiger partial charge on any atom is 1.00 e. The normalized spacial score (nSPS) is 12.5. The largest absolute Gasteiger partial charge is 1.00 e. The summed E-state index contributed by atoms with van der Waals surface area (Å²) in [6.45, 7) is 18.1.